The number of rotatable bonds is 3. The van der Waals surface area contributed by atoms with Crippen molar-refractivity contribution >= 4 is 75.1 Å². The minimum Gasteiger partial charge on any atom is -0.309 e. The number of fused-ring (bicyclic) bond motifs is 10. The first-order valence-electron chi connectivity index (χ1n) is 16.0. The van der Waals surface area contributed by atoms with Crippen LogP contribution in [0.5, 0.6) is 0 Å². The van der Waals surface area contributed by atoms with Gasteiger partial charge in [0.2, 0.25) is 0 Å². The molecule has 6 aromatic carbocycles. The summed E-state index contributed by atoms with van der Waals surface area (Å²) < 4.78 is 7.06. The van der Waals surface area contributed by atoms with E-state index in [4.69, 9.17) is 0 Å². The smallest absolute Gasteiger partial charge is 0.0992 e. The first kappa shape index (κ1) is 27.4. The lowest BCUT2D eigenvalue weighted by molar-refractivity contribution is 1.16. The molecule has 0 atom stereocenters. The number of hydrogen-bond acceptors (Lipinski definition) is 4. The second-order valence-electron chi connectivity index (χ2n) is 12.3. The van der Waals surface area contributed by atoms with Gasteiger partial charge in [0.05, 0.1) is 51.5 Å². The molecule has 0 aliphatic rings. The zero-order valence-corrected chi connectivity index (χ0v) is 26.7. The number of thiophene rings is 1. The summed E-state index contributed by atoms with van der Waals surface area (Å²) in [7, 11) is 0. The number of benzene rings is 6. The minimum absolute atomic E-state index is 0.575. The Bertz CT molecular complexity index is 3090. The van der Waals surface area contributed by atoms with Crippen LogP contribution in [-0.4, -0.2) is 14.1 Å². The SMILES string of the molecule is N#Cc1cc(-c2cccc(-n3c4cnccc4c4c5sc6ccccc6c5ccc43)c2)cc(-n2c3ccccc3c3cc(C#N)ccc32)c1. The van der Waals surface area contributed by atoms with Gasteiger partial charge in [-0.2, -0.15) is 10.5 Å². The second-order valence-corrected chi connectivity index (χ2v) is 13.3. The predicted octanol–water partition coefficient (Wildman–Crippen LogP) is 11.1. The van der Waals surface area contributed by atoms with Crippen molar-refractivity contribution in [2.24, 2.45) is 0 Å². The van der Waals surface area contributed by atoms with Crippen molar-refractivity contribution in [2.45, 2.75) is 0 Å². The van der Waals surface area contributed by atoms with E-state index in [2.05, 4.69) is 111 Å². The molecule has 0 saturated heterocycles. The molecule has 0 spiro atoms. The Morgan fingerprint density at radius 1 is 0.510 bits per heavy atom. The molecule has 0 N–H and O–H groups in total. The van der Waals surface area contributed by atoms with Gasteiger partial charge in [-0.05, 0) is 83.9 Å². The summed E-state index contributed by atoms with van der Waals surface area (Å²) >= 11 is 1.84. The van der Waals surface area contributed by atoms with E-state index < -0.39 is 0 Å². The molecule has 0 radical (unpaired) electrons. The zero-order valence-electron chi connectivity index (χ0n) is 25.9. The molecule has 0 amide bonds. The number of pyridine rings is 1. The fraction of sp³-hybridized carbons (Fsp3) is 0. The Balaban J connectivity index is 1.19. The van der Waals surface area contributed by atoms with E-state index in [-0.39, 0.29) is 0 Å². The van der Waals surface area contributed by atoms with Gasteiger partial charge in [0.1, 0.15) is 0 Å². The maximum atomic E-state index is 10.2. The van der Waals surface area contributed by atoms with Gasteiger partial charge < -0.3 is 9.13 Å². The summed E-state index contributed by atoms with van der Waals surface area (Å²) in [5.41, 5.74) is 9.25. The summed E-state index contributed by atoms with van der Waals surface area (Å²) in [5.74, 6) is 0. The monoisotopic (exact) mass is 641 g/mol. The van der Waals surface area contributed by atoms with Gasteiger partial charge in [0.25, 0.3) is 0 Å². The van der Waals surface area contributed by atoms with Crippen LogP contribution in [0.3, 0.4) is 0 Å². The molecule has 49 heavy (non-hydrogen) atoms. The average Bonchev–Trinajstić information content (AvgIpc) is 3.82. The number of hydrogen-bond donors (Lipinski definition) is 0. The van der Waals surface area contributed by atoms with E-state index in [1.54, 1.807) is 0 Å². The number of nitriles is 2. The Morgan fingerprint density at radius 2 is 1.29 bits per heavy atom. The van der Waals surface area contributed by atoms with Crippen molar-refractivity contribution in [3.05, 3.63) is 151 Å². The summed E-state index contributed by atoms with van der Waals surface area (Å²) in [6, 6.07) is 48.5. The van der Waals surface area contributed by atoms with Crippen molar-refractivity contribution in [2.75, 3.05) is 0 Å². The molecule has 10 aromatic rings. The molecule has 0 aliphatic heterocycles. The molecule has 5 nitrogen and oxygen atoms in total. The van der Waals surface area contributed by atoms with Crippen molar-refractivity contribution in [3.63, 3.8) is 0 Å². The topological polar surface area (TPSA) is 70.3 Å². The highest BCUT2D eigenvalue weighted by molar-refractivity contribution is 7.26. The predicted molar refractivity (Wildman–Crippen MR) is 201 cm³/mol. The van der Waals surface area contributed by atoms with E-state index in [0.29, 0.717) is 11.1 Å². The highest BCUT2D eigenvalue weighted by Crippen LogP contribution is 2.43. The van der Waals surface area contributed by atoms with Crippen LogP contribution in [0.2, 0.25) is 0 Å². The molecule has 4 aromatic heterocycles. The third-order valence-electron chi connectivity index (χ3n) is 9.62. The van der Waals surface area contributed by atoms with Crippen LogP contribution >= 0.6 is 11.3 Å². The second kappa shape index (κ2) is 10.4. The van der Waals surface area contributed by atoms with Crippen LogP contribution < -0.4 is 0 Å². The van der Waals surface area contributed by atoms with Crippen molar-refractivity contribution in [1.29, 1.82) is 10.5 Å². The number of aromatic nitrogens is 3. The maximum absolute atomic E-state index is 10.2. The van der Waals surface area contributed by atoms with Crippen LogP contribution in [0.25, 0.3) is 86.3 Å². The first-order chi connectivity index (χ1) is 24.2. The lowest BCUT2D eigenvalue weighted by Gasteiger charge is -2.13. The fourth-order valence-corrected chi connectivity index (χ4v) is 8.78. The van der Waals surface area contributed by atoms with Crippen molar-refractivity contribution in [3.8, 4) is 34.6 Å². The molecule has 0 fully saturated rings. The lowest BCUT2D eigenvalue weighted by atomic mass is 10.0. The van der Waals surface area contributed by atoms with E-state index >= 15 is 0 Å². The van der Waals surface area contributed by atoms with Crippen molar-refractivity contribution in [1.82, 2.24) is 14.1 Å². The summed E-state index contributed by atoms with van der Waals surface area (Å²) in [6.07, 6.45) is 3.83. The molecular weight excluding hydrogens is 619 g/mol. The molecule has 226 valence electrons. The van der Waals surface area contributed by atoms with Gasteiger partial charge in [-0.1, -0.05) is 54.6 Å². The standard InChI is InChI=1S/C43H23N5S/c44-23-26-12-14-38-36(20-26)32-8-1-3-10-37(32)48(38)31-19-27(24-45)18-29(22-31)28-6-5-7-30(21-28)47-39-15-13-34-33-9-2-4-11-41(33)49-43(34)42(39)35-16-17-46-25-40(35)47/h1-22,25H. The normalized spacial score (nSPS) is 11.6. The minimum atomic E-state index is 0.575. The zero-order chi connectivity index (χ0) is 32.6. The number of para-hydroxylation sites is 1. The van der Waals surface area contributed by atoms with Crippen LogP contribution in [0.4, 0.5) is 0 Å². The van der Waals surface area contributed by atoms with E-state index in [0.717, 1.165) is 55.3 Å². The molecule has 0 unspecified atom stereocenters. The van der Waals surface area contributed by atoms with Crippen LogP contribution in [0.1, 0.15) is 11.1 Å². The molecule has 4 heterocycles. The Hall–Kier alpha value is -6.73. The first-order valence-corrected chi connectivity index (χ1v) is 16.8. The van der Waals surface area contributed by atoms with Gasteiger partial charge in [-0.25, -0.2) is 0 Å². The van der Waals surface area contributed by atoms with Gasteiger partial charge in [-0.15, -0.1) is 11.3 Å². The molecule has 10 rings (SSSR count). The Morgan fingerprint density at radius 3 is 2.18 bits per heavy atom. The Labute approximate surface area is 284 Å². The maximum Gasteiger partial charge on any atom is 0.0992 e. The summed E-state index contributed by atoms with van der Waals surface area (Å²) in [4.78, 5) is 4.55. The highest BCUT2D eigenvalue weighted by Gasteiger charge is 2.19. The van der Waals surface area contributed by atoms with Gasteiger partial charge in [-0.3, -0.25) is 4.98 Å². The third kappa shape index (κ3) is 3.99. The summed E-state index contributed by atoms with van der Waals surface area (Å²) in [6.45, 7) is 0. The van der Waals surface area contributed by atoms with E-state index in [9.17, 15) is 10.5 Å². The highest BCUT2D eigenvalue weighted by atomic mass is 32.1. The number of nitrogens with zero attached hydrogens (tertiary/aromatic N) is 5. The van der Waals surface area contributed by atoms with Crippen LogP contribution in [0, 0.1) is 22.7 Å². The molecule has 0 bridgehead atoms. The van der Waals surface area contributed by atoms with E-state index in [1.165, 1.54) is 30.9 Å². The fourth-order valence-electron chi connectivity index (χ4n) is 7.53. The van der Waals surface area contributed by atoms with Crippen LogP contribution in [0.15, 0.2) is 140 Å². The molecule has 6 heteroatoms. The largest absolute Gasteiger partial charge is 0.309 e. The molecule has 0 aliphatic carbocycles. The van der Waals surface area contributed by atoms with Crippen molar-refractivity contribution < 1.29 is 0 Å². The van der Waals surface area contributed by atoms with E-state index in [1.807, 2.05) is 66.2 Å². The lowest BCUT2D eigenvalue weighted by Crippen LogP contribution is -1.97. The summed E-state index contributed by atoms with van der Waals surface area (Å²) in [5, 5.41) is 26.8. The van der Waals surface area contributed by atoms with Crippen LogP contribution in [-0.2, 0) is 0 Å². The quantitative estimate of drug-likeness (QED) is 0.193. The van der Waals surface area contributed by atoms with Gasteiger partial charge in [0, 0.05) is 59.3 Å². The van der Waals surface area contributed by atoms with Gasteiger partial charge >= 0.3 is 0 Å². The van der Waals surface area contributed by atoms with Gasteiger partial charge in [0.15, 0.2) is 0 Å². The Kier molecular flexibility index (Phi) is 5.81. The third-order valence-corrected chi connectivity index (χ3v) is 10.8. The average molecular weight is 642 g/mol. The molecular formula is C43H23N5S. The molecule has 0 saturated carbocycles.